The number of oxime groups is 1. The SMILES string of the molecule is C=C(C1=NOCCO1)c1ccccc1O. The summed E-state index contributed by atoms with van der Waals surface area (Å²) in [4.78, 5) is 4.89. The molecule has 4 heteroatoms. The predicted octanol–water partition coefficient (Wildman–Crippen LogP) is 1.77. The van der Waals surface area contributed by atoms with Gasteiger partial charge in [0.1, 0.15) is 12.4 Å². The summed E-state index contributed by atoms with van der Waals surface area (Å²) >= 11 is 0. The Labute approximate surface area is 87.4 Å². The molecule has 0 bridgehead atoms. The van der Waals surface area contributed by atoms with Crippen molar-refractivity contribution in [1.29, 1.82) is 0 Å². The lowest BCUT2D eigenvalue weighted by Gasteiger charge is -2.15. The third kappa shape index (κ3) is 1.93. The second kappa shape index (κ2) is 4.04. The first-order chi connectivity index (χ1) is 7.29. The van der Waals surface area contributed by atoms with Gasteiger partial charge in [-0.05, 0) is 11.2 Å². The van der Waals surface area contributed by atoms with Crippen molar-refractivity contribution in [3.8, 4) is 5.75 Å². The molecule has 0 aromatic heterocycles. The van der Waals surface area contributed by atoms with Gasteiger partial charge in [-0.15, -0.1) is 0 Å². The number of phenols is 1. The van der Waals surface area contributed by atoms with Crippen molar-refractivity contribution in [3.05, 3.63) is 36.4 Å². The average molecular weight is 205 g/mol. The van der Waals surface area contributed by atoms with E-state index in [4.69, 9.17) is 9.57 Å². The number of benzene rings is 1. The third-order valence-corrected chi connectivity index (χ3v) is 2.05. The van der Waals surface area contributed by atoms with Gasteiger partial charge in [-0.25, -0.2) is 0 Å². The molecular formula is C11H11NO3. The Hall–Kier alpha value is -1.97. The zero-order valence-corrected chi connectivity index (χ0v) is 8.14. The molecule has 0 aliphatic carbocycles. The summed E-state index contributed by atoms with van der Waals surface area (Å²) in [5.74, 6) is 0.474. The van der Waals surface area contributed by atoms with Gasteiger partial charge in [0.25, 0.3) is 5.90 Å². The van der Waals surface area contributed by atoms with Gasteiger partial charge in [0.05, 0.1) is 0 Å². The van der Waals surface area contributed by atoms with Crippen LogP contribution in [0, 0.1) is 0 Å². The second-order valence-electron chi connectivity index (χ2n) is 3.07. The van der Waals surface area contributed by atoms with Crippen molar-refractivity contribution in [1.82, 2.24) is 0 Å². The quantitative estimate of drug-likeness (QED) is 0.800. The fraction of sp³-hybridized carbons (Fsp3) is 0.182. The molecule has 1 aliphatic rings. The minimum Gasteiger partial charge on any atom is -0.507 e. The minimum atomic E-state index is 0.152. The van der Waals surface area contributed by atoms with Gasteiger partial charge in [0.15, 0.2) is 6.61 Å². The first-order valence-corrected chi connectivity index (χ1v) is 4.59. The monoisotopic (exact) mass is 205 g/mol. The first-order valence-electron chi connectivity index (χ1n) is 4.59. The highest BCUT2D eigenvalue weighted by Gasteiger charge is 2.15. The van der Waals surface area contributed by atoms with Gasteiger partial charge >= 0.3 is 0 Å². The van der Waals surface area contributed by atoms with E-state index in [1.54, 1.807) is 18.2 Å². The van der Waals surface area contributed by atoms with Crippen LogP contribution in [0.2, 0.25) is 0 Å². The van der Waals surface area contributed by atoms with Crippen molar-refractivity contribution in [3.63, 3.8) is 0 Å². The maximum Gasteiger partial charge on any atom is 0.257 e. The van der Waals surface area contributed by atoms with E-state index < -0.39 is 0 Å². The summed E-state index contributed by atoms with van der Waals surface area (Å²) in [5, 5.41) is 13.3. The molecule has 0 atom stereocenters. The summed E-state index contributed by atoms with van der Waals surface area (Å²) < 4.78 is 5.26. The molecule has 1 heterocycles. The van der Waals surface area contributed by atoms with E-state index in [1.807, 2.05) is 6.07 Å². The van der Waals surface area contributed by atoms with Crippen LogP contribution in [0.3, 0.4) is 0 Å². The predicted molar refractivity (Wildman–Crippen MR) is 56.5 cm³/mol. The number of phenolic OH excluding ortho intramolecular Hbond substituents is 1. The van der Waals surface area contributed by atoms with Crippen LogP contribution in [0.25, 0.3) is 5.57 Å². The smallest absolute Gasteiger partial charge is 0.257 e. The van der Waals surface area contributed by atoms with Gasteiger partial charge in [0.2, 0.25) is 0 Å². The van der Waals surface area contributed by atoms with Gasteiger partial charge in [-0.3, -0.25) is 0 Å². The van der Waals surface area contributed by atoms with Crippen molar-refractivity contribution < 1.29 is 14.7 Å². The highest BCUT2D eigenvalue weighted by Crippen LogP contribution is 2.25. The Kier molecular flexibility index (Phi) is 2.58. The number of para-hydroxylation sites is 1. The standard InChI is InChI=1S/C11H11NO3/c1-8(11-12-15-7-6-14-11)9-4-2-3-5-10(9)13/h2-5,13H,1,6-7H2. The Morgan fingerprint density at radius 1 is 1.33 bits per heavy atom. The van der Waals surface area contributed by atoms with E-state index in [0.717, 1.165) is 0 Å². The summed E-state index contributed by atoms with van der Waals surface area (Å²) in [6.07, 6.45) is 0. The van der Waals surface area contributed by atoms with E-state index in [-0.39, 0.29) is 5.75 Å². The number of rotatable bonds is 2. The lowest BCUT2D eigenvalue weighted by Crippen LogP contribution is -2.17. The third-order valence-electron chi connectivity index (χ3n) is 2.05. The first kappa shape index (κ1) is 9.58. The number of ether oxygens (including phenoxy) is 1. The van der Waals surface area contributed by atoms with Crippen LogP contribution in [0.4, 0.5) is 0 Å². The molecule has 0 radical (unpaired) electrons. The highest BCUT2D eigenvalue weighted by atomic mass is 16.7. The molecule has 1 aromatic carbocycles. The summed E-state index contributed by atoms with van der Waals surface area (Å²) in [6, 6.07) is 6.89. The summed E-state index contributed by atoms with van der Waals surface area (Å²) in [5.41, 5.74) is 1.12. The topological polar surface area (TPSA) is 51.0 Å². The zero-order valence-electron chi connectivity index (χ0n) is 8.14. The molecule has 1 N–H and O–H groups in total. The lowest BCUT2D eigenvalue weighted by atomic mass is 10.1. The van der Waals surface area contributed by atoms with Crippen molar-refractivity contribution in [2.24, 2.45) is 5.16 Å². The average Bonchev–Trinajstić information content (AvgIpc) is 2.30. The van der Waals surface area contributed by atoms with Crippen LogP contribution in [0.15, 0.2) is 36.0 Å². The van der Waals surface area contributed by atoms with E-state index in [0.29, 0.717) is 30.2 Å². The van der Waals surface area contributed by atoms with Crippen LogP contribution in [-0.4, -0.2) is 24.2 Å². The fourth-order valence-corrected chi connectivity index (χ4v) is 1.29. The number of hydrogen-bond acceptors (Lipinski definition) is 4. The molecule has 0 saturated heterocycles. The summed E-state index contributed by atoms with van der Waals surface area (Å²) in [6.45, 7) is 4.71. The van der Waals surface area contributed by atoms with E-state index >= 15 is 0 Å². The Morgan fingerprint density at radius 2 is 2.13 bits per heavy atom. The van der Waals surface area contributed by atoms with Crippen molar-refractivity contribution >= 4 is 11.5 Å². The minimum absolute atomic E-state index is 0.152. The molecule has 1 aromatic rings. The van der Waals surface area contributed by atoms with Crippen LogP contribution in [0.1, 0.15) is 5.56 Å². The van der Waals surface area contributed by atoms with Crippen LogP contribution >= 0.6 is 0 Å². The number of hydrogen-bond donors (Lipinski definition) is 1. The molecule has 0 fully saturated rings. The van der Waals surface area contributed by atoms with Crippen molar-refractivity contribution in [2.45, 2.75) is 0 Å². The molecule has 0 amide bonds. The van der Waals surface area contributed by atoms with Crippen LogP contribution in [-0.2, 0) is 9.57 Å². The number of nitrogens with zero attached hydrogens (tertiary/aromatic N) is 1. The Bertz CT molecular complexity index is 412. The summed E-state index contributed by atoms with van der Waals surface area (Å²) in [7, 11) is 0. The van der Waals surface area contributed by atoms with Gasteiger partial charge in [0, 0.05) is 11.1 Å². The van der Waals surface area contributed by atoms with E-state index in [2.05, 4.69) is 11.7 Å². The Morgan fingerprint density at radius 3 is 2.80 bits per heavy atom. The van der Waals surface area contributed by atoms with Crippen LogP contribution in [0.5, 0.6) is 5.75 Å². The second-order valence-corrected chi connectivity index (χ2v) is 3.07. The fourth-order valence-electron chi connectivity index (χ4n) is 1.29. The molecule has 2 rings (SSSR count). The van der Waals surface area contributed by atoms with Gasteiger partial charge in [-0.1, -0.05) is 24.8 Å². The lowest BCUT2D eigenvalue weighted by molar-refractivity contribution is 0.0669. The normalized spacial score (nSPS) is 14.8. The molecule has 0 saturated carbocycles. The molecule has 0 unspecified atom stereocenters. The van der Waals surface area contributed by atoms with Crippen LogP contribution < -0.4 is 0 Å². The zero-order chi connectivity index (χ0) is 10.7. The molecule has 4 nitrogen and oxygen atoms in total. The highest BCUT2D eigenvalue weighted by molar-refractivity contribution is 6.19. The van der Waals surface area contributed by atoms with E-state index in [1.165, 1.54) is 0 Å². The maximum absolute atomic E-state index is 9.60. The molecule has 0 spiro atoms. The van der Waals surface area contributed by atoms with Crippen molar-refractivity contribution in [2.75, 3.05) is 13.2 Å². The molecular weight excluding hydrogens is 194 g/mol. The molecule has 15 heavy (non-hydrogen) atoms. The van der Waals surface area contributed by atoms with Gasteiger partial charge in [-0.2, -0.15) is 0 Å². The maximum atomic E-state index is 9.60. The molecule has 1 aliphatic heterocycles. The molecule has 78 valence electrons. The number of aromatic hydroxyl groups is 1. The van der Waals surface area contributed by atoms with E-state index in [9.17, 15) is 5.11 Å². The largest absolute Gasteiger partial charge is 0.507 e. The Balaban J connectivity index is 2.28. The van der Waals surface area contributed by atoms with Gasteiger partial charge < -0.3 is 14.7 Å².